The molecule has 1 aliphatic rings. The van der Waals surface area contributed by atoms with Crippen molar-refractivity contribution in [2.45, 2.75) is 26.4 Å². The van der Waals surface area contributed by atoms with Crippen molar-refractivity contribution in [1.29, 1.82) is 0 Å². The Balaban J connectivity index is 0.00000288. The van der Waals surface area contributed by atoms with Crippen molar-refractivity contribution >= 4 is 23.9 Å². The summed E-state index contributed by atoms with van der Waals surface area (Å²) >= 11 is 0. The first kappa shape index (κ1) is 16.9. The average Bonchev–Trinajstić information content (AvgIpc) is 2.48. The van der Waals surface area contributed by atoms with Gasteiger partial charge >= 0.3 is 6.09 Å². The highest BCUT2D eigenvalue weighted by Crippen LogP contribution is 2.29. The molecule has 23 heavy (non-hydrogen) atoms. The van der Waals surface area contributed by atoms with Crippen LogP contribution in [0.25, 0.3) is 0 Å². The number of amides is 2. The first-order chi connectivity index (χ1) is 10.8. The van der Waals surface area contributed by atoms with E-state index in [2.05, 4.69) is 10.2 Å². The van der Waals surface area contributed by atoms with Crippen molar-refractivity contribution in [3.63, 3.8) is 0 Å². The van der Waals surface area contributed by atoms with Crippen LogP contribution in [0.5, 0.6) is 5.75 Å². The number of piperazine rings is 1. The fourth-order valence-electron chi connectivity index (χ4n) is 2.38. The molecule has 0 radical (unpaired) electrons. The summed E-state index contributed by atoms with van der Waals surface area (Å²) in [5.41, 5.74) is 0.723. The summed E-state index contributed by atoms with van der Waals surface area (Å²) in [4.78, 5) is 26.2. The lowest BCUT2D eigenvalue weighted by Gasteiger charge is -2.36. The number of hydrogen-bond acceptors (Lipinski definition) is 5. The van der Waals surface area contributed by atoms with Crippen molar-refractivity contribution in [3.8, 4) is 5.75 Å². The van der Waals surface area contributed by atoms with E-state index in [-0.39, 0.29) is 13.3 Å². The number of ether oxygens (including phenoxy) is 1. The lowest BCUT2D eigenvalue weighted by Crippen LogP contribution is -2.50. The molecule has 2 rings (SSSR count). The minimum atomic E-state index is -0.499. The van der Waals surface area contributed by atoms with Crippen molar-refractivity contribution in [2.24, 2.45) is 0 Å². The number of phenolic OH excluding ortho intramolecular Hbond substituents is 1. The number of phenols is 1. The van der Waals surface area contributed by atoms with Gasteiger partial charge in [-0.05, 0) is 32.9 Å². The molecule has 7 nitrogen and oxygen atoms in total. The van der Waals surface area contributed by atoms with Crippen LogP contribution in [0.1, 0.15) is 22.2 Å². The molecule has 1 saturated heterocycles. The topological polar surface area (TPSA) is 82.1 Å². The molecule has 0 atom stereocenters. The Hall–Kier alpha value is -2.44. The van der Waals surface area contributed by atoms with Crippen molar-refractivity contribution in [3.05, 3.63) is 18.2 Å². The maximum absolute atomic E-state index is 12.0. The van der Waals surface area contributed by atoms with E-state index in [1.54, 1.807) is 17.0 Å². The summed E-state index contributed by atoms with van der Waals surface area (Å²) in [6.45, 7) is 7.96. The Morgan fingerprint density at radius 3 is 2.48 bits per heavy atom. The summed E-state index contributed by atoms with van der Waals surface area (Å²) in [6, 6.07) is 5.09. The molecule has 0 saturated carbocycles. The van der Waals surface area contributed by atoms with Gasteiger partial charge in [0.25, 0.3) is 0 Å². The van der Waals surface area contributed by atoms with Gasteiger partial charge in [0.15, 0.2) is 0 Å². The normalized spacial score (nSPS) is 15.3. The van der Waals surface area contributed by atoms with Gasteiger partial charge in [-0.1, -0.05) is 0 Å². The number of benzene rings is 1. The molecule has 1 fully saturated rings. The smallest absolute Gasteiger partial charge is 0.410 e. The largest absolute Gasteiger partial charge is 0.506 e. The molecule has 2 N–H and O–H groups in total. The maximum atomic E-state index is 12.0. The van der Waals surface area contributed by atoms with Gasteiger partial charge in [-0.3, -0.25) is 4.79 Å². The Morgan fingerprint density at radius 2 is 1.96 bits per heavy atom. The molecule has 0 aliphatic carbocycles. The Kier molecular flexibility index (Phi) is 4.98. The van der Waals surface area contributed by atoms with E-state index in [1.807, 2.05) is 26.8 Å². The fourth-order valence-corrected chi connectivity index (χ4v) is 2.38. The molecule has 0 bridgehead atoms. The third kappa shape index (κ3) is 4.51. The van der Waals surface area contributed by atoms with E-state index in [4.69, 9.17) is 4.74 Å². The predicted octanol–water partition coefficient (Wildman–Crippen LogP) is 2.26. The molecule has 1 heterocycles. The van der Waals surface area contributed by atoms with Crippen molar-refractivity contribution in [1.82, 2.24) is 4.90 Å². The molecule has 0 unspecified atom stereocenters. The molecule has 0 aromatic heterocycles. The van der Waals surface area contributed by atoms with Crippen LogP contribution >= 0.6 is 0 Å². The number of hydrogen-bond donors (Lipinski definition) is 2. The highest BCUT2D eigenvalue weighted by molar-refractivity contribution is 5.77. The molecule has 1 aromatic carbocycles. The van der Waals surface area contributed by atoms with Crippen molar-refractivity contribution < 1.29 is 20.9 Å². The van der Waals surface area contributed by atoms with Crippen LogP contribution in [0.15, 0.2) is 18.2 Å². The van der Waals surface area contributed by atoms with Gasteiger partial charge in [-0.15, -0.1) is 0 Å². The molecule has 1 aliphatic heterocycles. The molecule has 0 spiro atoms. The van der Waals surface area contributed by atoms with Gasteiger partial charge in [0.2, 0.25) is 6.41 Å². The van der Waals surface area contributed by atoms with Crippen LogP contribution in [0, 0.1) is 0 Å². The predicted molar refractivity (Wildman–Crippen MR) is 89.9 cm³/mol. The lowest BCUT2D eigenvalue weighted by atomic mass is 10.2. The van der Waals surface area contributed by atoms with Gasteiger partial charge in [-0.2, -0.15) is 0 Å². The summed E-state index contributed by atoms with van der Waals surface area (Å²) in [6.07, 6.45) is 0.222. The number of carbonyl (C=O) groups is 2. The number of nitrogens with zero attached hydrogens (tertiary/aromatic N) is 2. The Bertz CT molecular complexity index is 581. The van der Waals surface area contributed by atoms with Crippen molar-refractivity contribution in [2.75, 3.05) is 36.4 Å². The Morgan fingerprint density at radius 1 is 1.30 bits per heavy atom. The highest BCUT2D eigenvalue weighted by Gasteiger charge is 2.26. The zero-order chi connectivity index (χ0) is 17.0. The van der Waals surface area contributed by atoms with E-state index < -0.39 is 5.60 Å². The van der Waals surface area contributed by atoms with E-state index >= 15 is 0 Å². The Labute approximate surface area is 137 Å². The second-order valence-corrected chi connectivity index (χ2v) is 6.42. The summed E-state index contributed by atoms with van der Waals surface area (Å²) in [5.74, 6) is 0.0178. The number of anilines is 2. The molecule has 2 amide bonds. The SMILES string of the molecule is CC(C)(C)OC(=O)N1CCN(c2ccc(NC=O)c(O)c2)CC1.[HH]. The summed E-state index contributed by atoms with van der Waals surface area (Å²) in [7, 11) is 0. The third-order valence-corrected chi connectivity index (χ3v) is 3.49. The minimum Gasteiger partial charge on any atom is -0.506 e. The second kappa shape index (κ2) is 6.76. The molecule has 1 aromatic rings. The first-order valence-corrected chi connectivity index (χ1v) is 7.56. The zero-order valence-electron chi connectivity index (χ0n) is 13.7. The standard InChI is InChI=1S/C16H23N3O4.H2/c1-16(2,3)23-15(22)19-8-6-18(7-9-19)12-4-5-13(17-11-20)14(21)10-12;/h4-5,10-11,21H,6-9H2,1-3H3,(H,17,20);1H. The number of aromatic hydroxyl groups is 1. The first-order valence-electron chi connectivity index (χ1n) is 7.56. The van der Waals surface area contributed by atoms with Gasteiger partial charge in [-0.25, -0.2) is 4.79 Å². The third-order valence-electron chi connectivity index (χ3n) is 3.49. The van der Waals surface area contributed by atoms with E-state index in [0.29, 0.717) is 38.3 Å². The van der Waals surface area contributed by atoms with Crippen LogP contribution in [0.4, 0.5) is 16.2 Å². The number of rotatable bonds is 3. The second-order valence-electron chi connectivity index (χ2n) is 6.42. The molecule has 128 valence electrons. The van der Waals surface area contributed by atoms with Crippen LogP contribution in [0.2, 0.25) is 0 Å². The van der Waals surface area contributed by atoms with Crippen LogP contribution in [0.3, 0.4) is 0 Å². The number of carbonyl (C=O) groups excluding carboxylic acids is 2. The van der Waals surface area contributed by atoms with Gasteiger partial charge in [0, 0.05) is 39.4 Å². The minimum absolute atomic E-state index is 0. The summed E-state index contributed by atoms with van der Waals surface area (Å²) in [5, 5.41) is 12.3. The summed E-state index contributed by atoms with van der Waals surface area (Å²) < 4.78 is 5.37. The quantitative estimate of drug-likeness (QED) is 0.658. The molecular formula is C16H25N3O4. The van der Waals surface area contributed by atoms with Gasteiger partial charge in [0.05, 0.1) is 5.69 Å². The molecular weight excluding hydrogens is 298 g/mol. The van der Waals surface area contributed by atoms with Crippen LogP contribution in [-0.2, 0) is 9.53 Å². The van der Waals surface area contributed by atoms with Gasteiger partial charge < -0.3 is 25.0 Å². The number of nitrogens with one attached hydrogen (secondary N) is 1. The van der Waals surface area contributed by atoms with Crippen LogP contribution < -0.4 is 10.2 Å². The zero-order valence-corrected chi connectivity index (χ0v) is 13.7. The monoisotopic (exact) mass is 323 g/mol. The van der Waals surface area contributed by atoms with E-state index in [1.165, 1.54) is 0 Å². The van der Waals surface area contributed by atoms with Gasteiger partial charge in [0.1, 0.15) is 11.4 Å². The van der Waals surface area contributed by atoms with Crippen LogP contribution in [-0.4, -0.2) is 54.3 Å². The van der Waals surface area contributed by atoms with E-state index in [0.717, 1.165) is 5.69 Å². The highest BCUT2D eigenvalue weighted by atomic mass is 16.6. The fraction of sp³-hybridized carbons (Fsp3) is 0.500. The lowest BCUT2D eigenvalue weighted by molar-refractivity contribution is -0.105. The average molecular weight is 323 g/mol. The molecule has 7 heteroatoms. The van der Waals surface area contributed by atoms with E-state index in [9.17, 15) is 14.7 Å². The maximum Gasteiger partial charge on any atom is 0.410 e.